The molecule has 120 valence electrons. The smallest absolute Gasteiger partial charge is 0.224 e. The average Bonchev–Trinajstić information content (AvgIpc) is 3.18. The number of rotatable bonds is 5. The third-order valence-corrected chi connectivity index (χ3v) is 3.86. The number of hydrogen-bond acceptors (Lipinski definition) is 5. The first-order chi connectivity index (χ1) is 11.2. The maximum atomic E-state index is 9.34. The lowest BCUT2D eigenvalue weighted by molar-refractivity contribution is 0.0952. The lowest BCUT2D eigenvalue weighted by Crippen LogP contribution is -2.16. The van der Waals surface area contributed by atoms with E-state index >= 15 is 0 Å². The summed E-state index contributed by atoms with van der Waals surface area (Å²) in [5, 5.41) is 9.34. The van der Waals surface area contributed by atoms with Crippen LogP contribution in [0.15, 0.2) is 30.3 Å². The van der Waals surface area contributed by atoms with Crippen LogP contribution in [-0.4, -0.2) is 24.4 Å². The maximum Gasteiger partial charge on any atom is 0.224 e. The van der Waals surface area contributed by atoms with Crippen molar-refractivity contribution in [2.75, 3.05) is 19.5 Å². The summed E-state index contributed by atoms with van der Waals surface area (Å²) in [5.74, 6) is 1.76. The molecule has 6 nitrogen and oxygen atoms in total. The van der Waals surface area contributed by atoms with Gasteiger partial charge < -0.3 is 19.9 Å². The predicted octanol–water partition coefficient (Wildman–Crippen LogP) is 2.92. The summed E-state index contributed by atoms with van der Waals surface area (Å²) in [7, 11) is 1.60. The second kappa shape index (κ2) is 6.63. The highest BCUT2D eigenvalue weighted by Crippen LogP contribution is 2.33. The molecule has 2 aromatic rings. The minimum Gasteiger partial charge on any atom is -0.497 e. The SMILES string of the molecule is COc1cccc(Oc2c(N)cc(C#N)n2C[C@H]2CCCO2)c1. The average molecular weight is 313 g/mol. The molecule has 1 aliphatic rings. The second-order valence-corrected chi connectivity index (χ2v) is 5.43. The number of ether oxygens (including phenoxy) is 3. The zero-order valence-electron chi connectivity index (χ0n) is 13.0. The molecule has 2 N–H and O–H groups in total. The van der Waals surface area contributed by atoms with E-state index < -0.39 is 0 Å². The molecule has 1 aliphatic heterocycles. The Balaban J connectivity index is 1.90. The van der Waals surface area contributed by atoms with E-state index in [1.807, 2.05) is 18.2 Å². The van der Waals surface area contributed by atoms with Crippen molar-refractivity contribution in [3.63, 3.8) is 0 Å². The summed E-state index contributed by atoms with van der Waals surface area (Å²) in [5.41, 5.74) is 6.94. The number of aromatic nitrogens is 1. The number of nitriles is 1. The van der Waals surface area contributed by atoms with Crippen LogP contribution in [0.25, 0.3) is 0 Å². The Morgan fingerprint density at radius 2 is 2.22 bits per heavy atom. The van der Waals surface area contributed by atoms with Gasteiger partial charge in [0.1, 0.15) is 23.3 Å². The highest BCUT2D eigenvalue weighted by Gasteiger charge is 2.22. The Bertz CT molecular complexity index is 727. The Morgan fingerprint density at radius 1 is 1.39 bits per heavy atom. The third kappa shape index (κ3) is 3.25. The molecule has 0 radical (unpaired) electrons. The molecule has 1 fully saturated rings. The van der Waals surface area contributed by atoms with Gasteiger partial charge in [-0.2, -0.15) is 5.26 Å². The van der Waals surface area contributed by atoms with Crippen molar-refractivity contribution in [2.45, 2.75) is 25.5 Å². The monoisotopic (exact) mass is 313 g/mol. The second-order valence-electron chi connectivity index (χ2n) is 5.43. The van der Waals surface area contributed by atoms with Crippen molar-refractivity contribution < 1.29 is 14.2 Å². The molecule has 1 atom stereocenters. The van der Waals surface area contributed by atoms with E-state index in [2.05, 4.69) is 6.07 Å². The van der Waals surface area contributed by atoms with Gasteiger partial charge in [-0.15, -0.1) is 0 Å². The molecule has 0 bridgehead atoms. The minimum absolute atomic E-state index is 0.0848. The van der Waals surface area contributed by atoms with E-state index in [1.165, 1.54) is 0 Å². The van der Waals surface area contributed by atoms with Crippen molar-refractivity contribution >= 4 is 5.69 Å². The topological polar surface area (TPSA) is 82.4 Å². The van der Waals surface area contributed by atoms with Crippen LogP contribution in [0.1, 0.15) is 18.5 Å². The number of anilines is 1. The molecule has 0 amide bonds. The quantitative estimate of drug-likeness (QED) is 0.917. The van der Waals surface area contributed by atoms with E-state index in [4.69, 9.17) is 19.9 Å². The fourth-order valence-corrected chi connectivity index (χ4v) is 2.71. The zero-order chi connectivity index (χ0) is 16.2. The van der Waals surface area contributed by atoms with Crippen molar-refractivity contribution in [2.24, 2.45) is 0 Å². The number of nitrogens with two attached hydrogens (primary N) is 1. The molecule has 0 aliphatic carbocycles. The van der Waals surface area contributed by atoms with Gasteiger partial charge in [-0.3, -0.25) is 4.57 Å². The zero-order valence-corrected chi connectivity index (χ0v) is 13.0. The van der Waals surface area contributed by atoms with Gasteiger partial charge in [-0.1, -0.05) is 6.07 Å². The van der Waals surface area contributed by atoms with Crippen LogP contribution >= 0.6 is 0 Å². The Hall–Kier alpha value is -2.65. The molecular weight excluding hydrogens is 294 g/mol. The van der Waals surface area contributed by atoms with Gasteiger partial charge in [0, 0.05) is 18.7 Å². The Morgan fingerprint density at radius 3 is 2.91 bits per heavy atom. The van der Waals surface area contributed by atoms with E-state index in [0.717, 1.165) is 19.4 Å². The van der Waals surface area contributed by atoms with Crippen LogP contribution in [-0.2, 0) is 11.3 Å². The van der Waals surface area contributed by atoms with Gasteiger partial charge in [0.25, 0.3) is 0 Å². The fraction of sp³-hybridized carbons (Fsp3) is 0.353. The Kier molecular flexibility index (Phi) is 4.40. The minimum atomic E-state index is 0.0848. The van der Waals surface area contributed by atoms with Crippen molar-refractivity contribution in [3.8, 4) is 23.4 Å². The normalized spacial score (nSPS) is 17.0. The lowest BCUT2D eigenvalue weighted by Gasteiger charge is -2.16. The van der Waals surface area contributed by atoms with Gasteiger partial charge >= 0.3 is 0 Å². The molecular formula is C17H19N3O3. The largest absolute Gasteiger partial charge is 0.497 e. The van der Waals surface area contributed by atoms with Crippen molar-refractivity contribution in [3.05, 3.63) is 36.0 Å². The standard InChI is InChI=1S/C17H19N3O3/c1-21-13-4-2-5-14(9-13)23-17-16(19)8-12(10-18)20(17)11-15-6-3-7-22-15/h2,4-5,8-9,15H,3,6-7,11,19H2,1H3/t15-/m1/s1. The molecule has 0 unspecified atom stereocenters. The number of hydrogen-bond donors (Lipinski definition) is 1. The highest BCUT2D eigenvalue weighted by atomic mass is 16.5. The summed E-state index contributed by atoms with van der Waals surface area (Å²) in [6.45, 7) is 1.31. The fourth-order valence-electron chi connectivity index (χ4n) is 2.71. The number of nitrogen functional groups attached to an aromatic ring is 1. The molecule has 1 saturated heterocycles. The van der Waals surface area contributed by atoms with Crippen molar-refractivity contribution in [1.82, 2.24) is 4.57 Å². The van der Waals surface area contributed by atoms with E-state index in [9.17, 15) is 5.26 Å². The first kappa shape index (κ1) is 15.3. The van der Waals surface area contributed by atoms with Gasteiger partial charge in [0.15, 0.2) is 0 Å². The summed E-state index contributed by atoms with van der Waals surface area (Å²) in [6.07, 6.45) is 2.10. The van der Waals surface area contributed by atoms with Gasteiger partial charge in [0.05, 0.1) is 25.4 Å². The van der Waals surface area contributed by atoms with Crippen LogP contribution in [0.3, 0.4) is 0 Å². The van der Waals surface area contributed by atoms with E-state index in [0.29, 0.717) is 35.3 Å². The van der Waals surface area contributed by atoms with Crippen LogP contribution < -0.4 is 15.2 Å². The molecule has 0 saturated carbocycles. The highest BCUT2D eigenvalue weighted by molar-refractivity contribution is 5.56. The van der Waals surface area contributed by atoms with Crippen molar-refractivity contribution in [1.29, 1.82) is 5.26 Å². The maximum absolute atomic E-state index is 9.34. The molecule has 23 heavy (non-hydrogen) atoms. The number of benzene rings is 1. The van der Waals surface area contributed by atoms with E-state index in [-0.39, 0.29) is 6.10 Å². The van der Waals surface area contributed by atoms with E-state index in [1.54, 1.807) is 23.8 Å². The van der Waals surface area contributed by atoms with Gasteiger partial charge in [0.2, 0.25) is 5.88 Å². The predicted molar refractivity (Wildman–Crippen MR) is 85.6 cm³/mol. The molecule has 1 aromatic heterocycles. The molecule has 0 spiro atoms. The first-order valence-corrected chi connectivity index (χ1v) is 7.54. The van der Waals surface area contributed by atoms with Crippen LogP contribution in [0.4, 0.5) is 5.69 Å². The summed E-state index contributed by atoms with van der Waals surface area (Å²) in [4.78, 5) is 0. The molecule has 3 rings (SSSR count). The van der Waals surface area contributed by atoms with Crippen LogP contribution in [0, 0.1) is 11.3 Å². The number of methoxy groups -OCH3 is 1. The van der Waals surface area contributed by atoms with Gasteiger partial charge in [-0.05, 0) is 25.0 Å². The third-order valence-electron chi connectivity index (χ3n) is 3.86. The summed E-state index contributed by atoms with van der Waals surface area (Å²) >= 11 is 0. The summed E-state index contributed by atoms with van der Waals surface area (Å²) < 4.78 is 18.6. The molecule has 1 aromatic carbocycles. The molecule has 2 heterocycles. The molecule has 6 heteroatoms. The van der Waals surface area contributed by atoms with Crippen LogP contribution in [0.5, 0.6) is 17.4 Å². The Labute approximate surface area is 135 Å². The lowest BCUT2D eigenvalue weighted by atomic mass is 10.2. The summed E-state index contributed by atoms with van der Waals surface area (Å²) in [6, 6.07) is 11.1. The van der Waals surface area contributed by atoms with Gasteiger partial charge in [-0.25, -0.2) is 0 Å². The first-order valence-electron chi connectivity index (χ1n) is 7.54. The number of nitrogens with zero attached hydrogens (tertiary/aromatic N) is 2. The van der Waals surface area contributed by atoms with Crippen LogP contribution in [0.2, 0.25) is 0 Å².